The van der Waals surface area contributed by atoms with Crippen molar-refractivity contribution in [2.45, 2.75) is 39.2 Å². The lowest BCUT2D eigenvalue weighted by Crippen LogP contribution is -2.42. The van der Waals surface area contributed by atoms with Gasteiger partial charge in [-0.3, -0.25) is 4.90 Å². The minimum absolute atomic E-state index is 0.189. The van der Waals surface area contributed by atoms with Crippen LogP contribution in [0.5, 0.6) is 0 Å². The molecule has 0 bridgehead atoms. The van der Waals surface area contributed by atoms with Crippen LogP contribution in [0.25, 0.3) is 0 Å². The van der Waals surface area contributed by atoms with E-state index in [2.05, 4.69) is 24.8 Å². The van der Waals surface area contributed by atoms with Crippen molar-refractivity contribution in [3.63, 3.8) is 0 Å². The van der Waals surface area contributed by atoms with Crippen LogP contribution >= 0.6 is 0 Å². The summed E-state index contributed by atoms with van der Waals surface area (Å²) in [6.45, 7) is 6.27. The molecule has 0 saturated heterocycles. The summed E-state index contributed by atoms with van der Waals surface area (Å²) < 4.78 is 0. The summed E-state index contributed by atoms with van der Waals surface area (Å²) in [5.74, 6) is 0.662. The van der Waals surface area contributed by atoms with Gasteiger partial charge in [0.2, 0.25) is 0 Å². The first-order valence-corrected chi connectivity index (χ1v) is 4.97. The number of nitrogens with zero attached hydrogens (tertiary/aromatic N) is 2. The van der Waals surface area contributed by atoms with Crippen molar-refractivity contribution in [2.75, 3.05) is 13.1 Å². The van der Waals surface area contributed by atoms with Gasteiger partial charge in [0.15, 0.2) is 0 Å². The average molecular weight is 166 g/mol. The quantitative estimate of drug-likeness (QED) is 0.639. The fourth-order valence-corrected chi connectivity index (χ4v) is 1.86. The van der Waals surface area contributed by atoms with Crippen molar-refractivity contribution >= 4 is 0 Å². The molecule has 2 heteroatoms. The Kier molecular flexibility index (Phi) is 3.55. The molecule has 0 aromatic rings. The van der Waals surface area contributed by atoms with Crippen LogP contribution in [0.3, 0.4) is 0 Å². The van der Waals surface area contributed by atoms with Crippen molar-refractivity contribution in [1.82, 2.24) is 4.90 Å². The van der Waals surface area contributed by atoms with E-state index in [9.17, 15) is 0 Å². The second kappa shape index (κ2) is 4.47. The summed E-state index contributed by atoms with van der Waals surface area (Å²) in [6.07, 6.45) is 3.84. The van der Waals surface area contributed by atoms with Crippen LogP contribution in [0.15, 0.2) is 0 Å². The van der Waals surface area contributed by atoms with Gasteiger partial charge >= 0.3 is 0 Å². The number of hydrogen-bond acceptors (Lipinski definition) is 2. The standard InChI is InChI=1S/C10H18N2/c1-3-12(4-2)10(8-11)9-6-5-7-9/h9-10H,3-7H2,1-2H3. The minimum atomic E-state index is 0.189. The first-order chi connectivity index (χ1) is 5.83. The Morgan fingerprint density at radius 2 is 2.00 bits per heavy atom. The molecule has 0 amide bonds. The van der Waals surface area contributed by atoms with Gasteiger partial charge in [0.25, 0.3) is 0 Å². The number of rotatable bonds is 4. The summed E-state index contributed by atoms with van der Waals surface area (Å²) in [5.41, 5.74) is 0. The average Bonchev–Trinajstić information content (AvgIpc) is 2.01. The molecule has 1 aliphatic rings. The van der Waals surface area contributed by atoms with Gasteiger partial charge in [0, 0.05) is 0 Å². The third kappa shape index (κ3) is 1.78. The molecule has 0 N–H and O–H groups in total. The van der Waals surface area contributed by atoms with Crippen LogP contribution in [0, 0.1) is 17.2 Å². The zero-order chi connectivity index (χ0) is 8.97. The topological polar surface area (TPSA) is 27.0 Å². The largest absolute Gasteiger partial charge is 0.288 e. The van der Waals surface area contributed by atoms with E-state index in [0.717, 1.165) is 13.1 Å². The van der Waals surface area contributed by atoms with Gasteiger partial charge in [-0.1, -0.05) is 20.3 Å². The Morgan fingerprint density at radius 3 is 2.25 bits per heavy atom. The Labute approximate surface area is 75.2 Å². The molecule has 12 heavy (non-hydrogen) atoms. The van der Waals surface area contributed by atoms with Crippen LogP contribution in [-0.2, 0) is 0 Å². The summed E-state index contributed by atoms with van der Waals surface area (Å²) in [6, 6.07) is 2.62. The van der Waals surface area contributed by atoms with Crippen molar-refractivity contribution in [2.24, 2.45) is 5.92 Å². The van der Waals surface area contributed by atoms with Crippen LogP contribution in [0.2, 0.25) is 0 Å². The van der Waals surface area contributed by atoms with E-state index in [-0.39, 0.29) is 6.04 Å². The highest BCUT2D eigenvalue weighted by Gasteiger charge is 2.30. The summed E-state index contributed by atoms with van der Waals surface area (Å²) in [7, 11) is 0. The second-order valence-corrected chi connectivity index (χ2v) is 3.49. The molecule has 0 aromatic carbocycles. The van der Waals surface area contributed by atoms with E-state index in [1.165, 1.54) is 19.3 Å². The van der Waals surface area contributed by atoms with Gasteiger partial charge in [0.1, 0.15) is 6.04 Å². The first kappa shape index (κ1) is 9.54. The molecule has 0 spiro atoms. The fourth-order valence-electron chi connectivity index (χ4n) is 1.86. The van der Waals surface area contributed by atoms with Gasteiger partial charge in [-0.25, -0.2) is 0 Å². The van der Waals surface area contributed by atoms with Crippen molar-refractivity contribution in [1.29, 1.82) is 5.26 Å². The molecule has 2 nitrogen and oxygen atoms in total. The molecule has 0 radical (unpaired) electrons. The van der Waals surface area contributed by atoms with Crippen LogP contribution in [-0.4, -0.2) is 24.0 Å². The summed E-state index contributed by atoms with van der Waals surface area (Å²) >= 11 is 0. The Bertz CT molecular complexity index is 163. The highest BCUT2D eigenvalue weighted by molar-refractivity contribution is 4.98. The molecule has 1 fully saturated rings. The third-order valence-corrected chi connectivity index (χ3v) is 2.93. The predicted molar refractivity (Wildman–Crippen MR) is 49.7 cm³/mol. The van der Waals surface area contributed by atoms with Gasteiger partial charge in [0.05, 0.1) is 6.07 Å². The van der Waals surface area contributed by atoms with Crippen LogP contribution in [0.1, 0.15) is 33.1 Å². The molecule has 1 saturated carbocycles. The highest BCUT2D eigenvalue weighted by atomic mass is 15.1. The maximum Gasteiger partial charge on any atom is 0.101 e. The maximum atomic E-state index is 9.00. The lowest BCUT2D eigenvalue weighted by Gasteiger charge is -2.36. The molecule has 0 aliphatic heterocycles. The number of hydrogen-bond donors (Lipinski definition) is 0. The van der Waals surface area contributed by atoms with Crippen LogP contribution < -0.4 is 0 Å². The van der Waals surface area contributed by atoms with E-state index < -0.39 is 0 Å². The SMILES string of the molecule is CCN(CC)C(C#N)C1CCC1. The molecular formula is C10H18N2. The van der Waals surface area contributed by atoms with E-state index >= 15 is 0 Å². The molecule has 1 atom stereocenters. The lowest BCUT2D eigenvalue weighted by atomic mass is 9.79. The first-order valence-electron chi connectivity index (χ1n) is 4.97. The molecule has 1 rings (SSSR count). The van der Waals surface area contributed by atoms with E-state index in [1.807, 2.05) is 0 Å². The van der Waals surface area contributed by atoms with Gasteiger partial charge in [-0.15, -0.1) is 0 Å². The van der Waals surface area contributed by atoms with E-state index in [4.69, 9.17) is 5.26 Å². The van der Waals surface area contributed by atoms with Crippen molar-refractivity contribution < 1.29 is 0 Å². The van der Waals surface area contributed by atoms with Crippen LogP contribution in [0.4, 0.5) is 0 Å². The Hall–Kier alpha value is -0.550. The lowest BCUT2D eigenvalue weighted by molar-refractivity contribution is 0.143. The molecule has 0 heterocycles. The molecule has 1 unspecified atom stereocenters. The molecule has 68 valence electrons. The smallest absolute Gasteiger partial charge is 0.101 e. The molecule has 1 aliphatic carbocycles. The highest BCUT2D eigenvalue weighted by Crippen LogP contribution is 2.31. The summed E-state index contributed by atoms with van der Waals surface area (Å²) in [4.78, 5) is 2.27. The summed E-state index contributed by atoms with van der Waals surface area (Å²) in [5, 5.41) is 9.00. The predicted octanol–water partition coefficient (Wildman–Crippen LogP) is 2.02. The zero-order valence-corrected chi connectivity index (χ0v) is 8.08. The van der Waals surface area contributed by atoms with Gasteiger partial charge < -0.3 is 0 Å². The Morgan fingerprint density at radius 1 is 1.42 bits per heavy atom. The van der Waals surface area contributed by atoms with Gasteiger partial charge in [-0.2, -0.15) is 5.26 Å². The van der Waals surface area contributed by atoms with Crippen molar-refractivity contribution in [3.05, 3.63) is 0 Å². The minimum Gasteiger partial charge on any atom is -0.288 e. The monoisotopic (exact) mass is 166 g/mol. The van der Waals surface area contributed by atoms with Crippen molar-refractivity contribution in [3.8, 4) is 6.07 Å². The normalized spacial score (nSPS) is 20.2. The van der Waals surface area contributed by atoms with Gasteiger partial charge in [-0.05, 0) is 31.8 Å². The fraction of sp³-hybridized carbons (Fsp3) is 0.900. The molecule has 0 aromatic heterocycles. The maximum absolute atomic E-state index is 9.00. The van der Waals surface area contributed by atoms with E-state index in [0.29, 0.717) is 5.92 Å². The Balaban J connectivity index is 2.47. The molecular weight excluding hydrogens is 148 g/mol. The third-order valence-electron chi connectivity index (χ3n) is 2.93. The number of nitriles is 1. The zero-order valence-electron chi connectivity index (χ0n) is 8.08. The van der Waals surface area contributed by atoms with E-state index in [1.54, 1.807) is 0 Å². The second-order valence-electron chi connectivity index (χ2n) is 3.49.